The molecule has 0 spiro atoms. The molecule has 0 aliphatic carbocycles. The summed E-state index contributed by atoms with van der Waals surface area (Å²) in [6.07, 6.45) is 3.71. The zero-order chi connectivity index (χ0) is 11.1. The second-order valence-corrected chi connectivity index (χ2v) is 8.96. The van der Waals surface area contributed by atoms with Crippen LogP contribution in [0.15, 0.2) is 30.3 Å². The summed E-state index contributed by atoms with van der Waals surface area (Å²) in [6.45, 7) is 2.22. The van der Waals surface area contributed by atoms with Crippen molar-refractivity contribution in [3.05, 3.63) is 35.9 Å². The van der Waals surface area contributed by atoms with E-state index in [2.05, 4.69) is 37.3 Å². The van der Waals surface area contributed by atoms with Crippen LogP contribution in [0.2, 0.25) is 6.04 Å². The van der Waals surface area contributed by atoms with E-state index in [0.717, 1.165) is 6.04 Å². The van der Waals surface area contributed by atoms with Crippen molar-refractivity contribution in [2.24, 2.45) is 0 Å². The Morgan fingerprint density at radius 1 is 1.20 bits per heavy atom. The van der Waals surface area contributed by atoms with Crippen LogP contribution >= 0.6 is 22.2 Å². The lowest BCUT2D eigenvalue weighted by Crippen LogP contribution is -2.05. The third-order valence-electron chi connectivity index (χ3n) is 2.64. The highest BCUT2D eigenvalue weighted by Crippen LogP contribution is 2.29. The van der Waals surface area contributed by atoms with Crippen LogP contribution in [0.4, 0.5) is 0 Å². The molecule has 3 heteroatoms. The summed E-state index contributed by atoms with van der Waals surface area (Å²) in [5.41, 5.74) is 1.39. The first-order valence-electron chi connectivity index (χ1n) is 5.57. The van der Waals surface area contributed by atoms with Crippen LogP contribution in [-0.4, -0.2) is 7.42 Å². The molecule has 0 fully saturated rings. The van der Waals surface area contributed by atoms with Gasteiger partial charge in [-0.25, -0.2) is 0 Å². The Kier molecular flexibility index (Phi) is 6.38. The minimum atomic E-state index is -1.50. The maximum absolute atomic E-state index is 6.01. The molecule has 84 valence electrons. The highest BCUT2D eigenvalue weighted by Gasteiger charge is 2.15. The fourth-order valence-electron chi connectivity index (χ4n) is 1.81. The van der Waals surface area contributed by atoms with Gasteiger partial charge >= 0.3 is 0 Å². The second kappa shape index (κ2) is 7.32. The Balaban J connectivity index is 2.63. The topological polar surface area (TPSA) is 0 Å². The number of hydrogen-bond acceptors (Lipinski definition) is 0. The van der Waals surface area contributed by atoms with Gasteiger partial charge in [-0.2, -0.15) is 22.2 Å². The predicted molar refractivity (Wildman–Crippen MR) is 72.4 cm³/mol. The molecule has 0 bridgehead atoms. The Hall–Kier alpha value is 0.0169. The average molecular weight is 261 g/mol. The van der Waals surface area contributed by atoms with E-state index in [0.29, 0.717) is 5.92 Å². The molecule has 1 unspecified atom stereocenters. The van der Waals surface area contributed by atoms with Crippen LogP contribution in [0, 0.1) is 0 Å². The number of benzene rings is 1. The number of unbranched alkanes of at least 4 members (excludes halogenated alkanes) is 1. The molecule has 0 amide bonds. The highest BCUT2D eigenvalue weighted by atomic mass is 35.7. The van der Waals surface area contributed by atoms with Gasteiger partial charge in [-0.15, -0.1) is 0 Å². The molecule has 0 aliphatic rings. The summed E-state index contributed by atoms with van der Waals surface area (Å²) >= 11 is 12.0. The maximum Gasteiger partial charge on any atom is 0.237 e. The van der Waals surface area contributed by atoms with Gasteiger partial charge in [0.15, 0.2) is 0 Å². The minimum absolute atomic E-state index is 0.567. The quantitative estimate of drug-likeness (QED) is 0.516. The monoisotopic (exact) mass is 260 g/mol. The standard InChI is InChI=1S/C12H18Cl2Si/c1-2-3-7-12(10-15(13)14)11-8-5-4-6-9-11/h4-6,8-9,12,15H,2-3,7,10H2,1H3. The van der Waals surface area contributed by atoms with E-state index in [9.17, 15) is 0 Å². The minimum Gasteiger partial charge on any atom is -0.150 e. The Labute approximate surface area is 104 Å². The van der Waals surface area contributed by atoms with E-state index in [4.69, 9.17) is 22.2 Å². The third kappa shape index (κ3) is 5.05. The molecule has 0 nitrogen and oxygen atoms in total. The summed E-state index contributed by atoms with van der Waals surface area (Å²) in [4.78, 5) is 0. The lowest BCUT2D eigenvalue weighted by Gasteiger charge is -2.16. The van der Waals surface area contributed by atoms with E-state index in [1.165, 1.54) is 24.8 Å². The van der Waals surface area contributed by atoms with E-state index >= 15 is 0 Å². The molecule has 0 saturated carbocycles. The van der Waals surface area contributed by atoms with Gasteiger partial charge in [-0.3, -0.25) is 0 Å². The fraction of sp³-hybridized carbons (Fsp3) is 0.500. The molecule has 1 aromatic carbocycles. The van der Waals surface area contributed by atoms with Crippen molar-refractivity contribution >= 4 is 29.6 Å². The van der Waals surface area contributed by atoms with E-state index in [1.54, 1.807) is 0 Å². The van der Waals surface area contributed by atoms with Crippen molar-refractivity contribution in [3.63, 3.8) is 0 Å². The average Bonchev–Trinajstić information content (AvgIpc) is 2.25. The highest BCUT2D eigenvalue weighted by molar-refractivity contribution is 7.33. The van der Waals surface area contributed by atoms with E-state index in [-0.39, 0.29) is 0 Å². The molecular formula is C12H18Cl2Si. The summed E-state index contributed by atoms with van der Waals surface area (Å²) in [5.74, 6) is 0.567. The van der Waals surface area contributed by atoms with Gasteiger partial charge in [0, 0.05) is 0 Å². The van der Waals surface area contributed by atoms with E-state index < -0.39 is 7.42 Å². The Morgan fingerprint density at radius 2 is 1.87 bits per heavy atom. The smallest absolute Gasteiger partial charge is 0.150 e. The molecule has 1 atom stereocenters. The maximum atomic E-state index is 6.01. The Morgan fingerprint density at radius 3 is 2.40 bits per heavy atom. The molecule has 15 heavy (non-hydrogen) atoms. The van der Waals surface area contributed by atoms with Gasteiger partial charge in [-0.1, -0.05) is 50.1 Å². The number of rotatable bonds is 6. The lowest BCUT2D eigenvalue weighted by molar-refractivity contribution is 0.623. The van der Waals surface area contributed by atoms with E-state index in [1.807, 2.05) is 0 Å². The van der Waals surface area contributed by atoms with Crippen molar-refractivity contribution in [3.8, 4) is 0 Å². The molecule has 1 aromatic rings. The summed E-state index contributed by atoms with van der Waals surface area (Å²) < 4.78 is 0. The zero-order valence-electron chi connectivity index (χ0n) is 9.13. The molecule has 0 saturated heterocycles. The lowest BCUT2D eigenvalue weighted by atomic mass is 9.95. The van der Waals surface area contributed by atoms with Crippen LogP contribution in [-0.2, 0) is 0 Å². The van der Waals surface area contributed by atoms with Gasteiger partial charge in [-0.05, 0) is 23.9 Å². The summed E-state index contributed by atoms with van der Waals surface area (Å²) in [6, 6.07) is 11.6. The normalized spacial score (nSPS) is 13.1. The molecule has 0 N–H and O–H groups in total. The predicted octanol–water partition coefficient (Wildman–Crippen LogP) is 4.66. The molecular weight excluding hydrogens is 243 g/mol. The number of halogens is 2. The largest absolute Gasteiger partial charge is 0.237 e. The van der Waals surface area contributed by atoms with Crippen molar-refractivity contribution in [1.29, 1.82) is 0 Å². The van der Waals surface area contributed by atoms with Gasteiger partial charge in [0.25, 0.3) is 0 Å². The van der Waals surface area contributed by atoms with Crippen LogP contribution in [0.1, 0.15) is 37.7 Å². The van der Waals surface area contributed by atoms with Gasteiger partial charge in [0.05, 0.1) is 0 Å². The fourth-order valence-corrected chi connectivity index (χ4v) is 4.04. The second-order valence-electron chi connectivity index (χ2n) is 3.88. The van der Waals surface area contributed by atoms with Crippen molar-refractivity contribution in [2.75, 3.05) is 0 Å². The van der Waals surface area contributed by atoms with Crippen LogP contribution < -0.4 is 0 Å². The molecule has 0 aromatic heterocycles. The third-order valence-corrected chi connectivity index (χ3v) is 4.63. The first-order valence-corrected chi connectivity index (χ1v) is 9.88. The van der Waals surface area contributed by atoms with Crippen molar-refractivity contribution in [1.82, 2.24) is 0 Å². The molecule has 1 rings (SSSR count). The first-order chi connectivity index (χ1) is 7.24. The van der Waals surface area contributed by atoms with Gasteiger partial charge in [0.2, 0.25) is 7.42 Å². The zero-order valence-corrected chi connectivity index (χ0v) is 11.8. The van der Waals surface area contributed by atoms with Gasteiger partial charge < -0.3 is 0 Å². The van der Waals surface area contributed by atoms with Crippen molar-refractivity contribution in [2.45, 2.75) is 38.1 Å². The van der Waals surface area contributed by atoms with Gasteiger partial charge in [0.1, 0.15) is 0 Å². The summed E-state index contributed by atoms with van der Waals surface area (Å²) in [5, 5.41) is 0. The first kappa shape index (κ1) is 13.1. The van der Waals surface area contributed by atoms with Crippen LogP contribution in [0.25, 0.3) is 0 Å². The Bertz CT molecular complexity index is 262. The number of hydrogen-bond donors (Lipinski definition) is 0. The summed E-state index contributed by atoms with van der Waals surface area (Å²) in [7, 11) is -1.50. The van der Waals surface area contributed by atoms with Crippen molar-refractivity contribution < 1.29 is 0 Å². The van der Waals surface area contributed by atoms with Crippen LogP contribution in [0.3, 0.4) is 0 Å². The molecule has 0 aliphatic heterocycles. The van der Waals surface area contributed by atoms with Crippen LogP contribution in [0.5, 0.6) is 0 Å². The molecule has 0 radical (unpaired) electrons. The molecule has 0 heterocycles. The SMILES string of the molecule is CCCCC(C[SiH](Cl)Cl)c1ccccc1.